The van der Waals surface area contributed by atoms with Gasteiger partial charge in [0.05, 0.1) is 23.1 Å². The van der Waals surface area contributed by atoms with E-state index in [1.54, 1.807) is 25.1 Å². The highest BCUT2D eigenvalue weighted by Gasteiger charge is 2.19. The molecule has 1 aliphatic heterocycles. The topological polar surface area (TPSA) is 99.8 Å². The van der Waals surface area contributed by atoms with E-state index in [1.165, 1.54) is 36.9 Å². The minimum Gasteiger partial charge on any atom is -0.495 e. The first-order valence-corrected chi connectivity index (χ1v) is 13.8. The smallest absolute Gasteiger partial charge is 0.319 e. The van der Waals surface area contributed by atoms with Crippen molar-refractivity contribution in [2.75, 3.05) is 30.7 Å². The maximum atomic E-state index is 12.9. The zero-order valence-corrected chi connectivity index (χ0v) is 23.0. The predicted molar refractivity (Wildman–Crippen MR) is 147 cm³/mol. The van der Waals surface area contributed by atoms with Crippen LogP contribution in [0.25, 0.3) is 0 Å². The van der Waals surface area contributed by atoms with Crippen molar-refractivity contribution in [3.63, 3.8) is 0 Å². The third-order valence-corrected chi connectivity index (χ3v) is 8.47. The molecule has 0 fully saturated rings. The van der Waals surface area contributed by atoms with E-state index in [2.05, 4.69) is 27.3 Å². The quantitative estimate of drug-likeness (QED) is 0.344. The molecule has 1 heterocycles. The molecule has 0 bridgehead atoms. The number of halogens is 2. The van der Waals surface area contributed by atoms with E-state index in [9.17, 15) is 13.2 Å². The van der Waals surface area contributed by atoms with Gasteiger partial charge in [0.1, 0.15) is 10.8 Å². The summed E-state index contributed by atoms with van der Waals surface area (Å²) in [6.07, 6.45) is 0.875. The highest BCUT2D eigenvalue weighted by atomic mass is 35.5. The number of hydrogen-bond donors (Lipinski definition) is 3. The lowest BCUT2D eigenvalue weighted by Gasteiger charge is -2.25. The Kier molecular flexibility index (Phi) is 8.18. The van der Waals surface area contributed by atoms with Gasteiger partial charge in [-0.3, -0.25) is 4.72 Å². The van der Waals surface area contributed by atoms with Crippen molar-refractivity contribution >= 4 is 50.6 Å². The van der Waals surface area contributed by atoms with Crippen LogP contribution in [0.3, 0.4) is 0 Å². The molecule has 196 valence electrons. The molecule has 3 aromatic carbocycles. The first kappa shape index (κ1) is 27.1. The molecule has 3 aromatic rings. The Morgan fingerprint density at radius 1 is 1.00 bits per heavy atom. The lowest BCUT2D eigenvalue weighted by Crippen LogP contribution is -2.31. The van der Waals surface area contributed by atoms with Crippen LogP contribution >= 0.6 is 23.2 Å². The predicted octanol–water partition coefficient (Wildman–Crippen LogP) is 5.67. The van der Waals surface area contributed by atoms with Gasteiger partial charge in [0.2, 0.25) is 0 Å². The number of methoxy groups -OCH3 is 1. The van der Waals surface area contributed by atoms with Crippen molar-refractivity contribution in [1.29, 1.82) is 0 Å². The van der Waals surface area contributed by atoms with Gasteiger partial charge in [-0.05, 0) is 79.5 Å². The fraction of sp³-hybridized carbons (Fsp3) is 0.269. The average Bonchev–Trinajstić information content (AvgIpc) is 2.85. The number of nitrogens with one attached hydrogen (secondary N) is 3. The number of fused-ring (bicyclic) bond motifs is 1. The number of amides is 2. The van der Waals surface area contributed by atoms with Gasteiger partial charge in [-0.2, -0.15) is 0 Å². The number of likely N-dealkylation sites (N-methyl/N-ethyl adjacent to an activating group) is 1. The summed E-state index contributed by atoms with van der Waals surface area (Å²) >= 11 is 12.5. The Bertz CT molecular complexity index is 1410. The molecule has 0 radical (unpaired) electrons. The Labute approximate surface area is 227 Å². The summed E-state index contributed by atoms with van der Waals surface area (Å²) in [4.78, 5) is 14.8. The summed E-state index contributed by atoms with van der Waals surface area (Å²) < 4.78 is 33.6. The van der Waals surface area contributed by atoms with E-state index in [4.69, 9.17) is 27.9 Å². The normalized spacial score (nSPS) is 14.4. The second-order valence-electron chi connectivity index (χ2n) is 8.91. The molecule has 0 unspecified atom stereocenters. The standard InChI is InChI=1S/C26H28Cl2N4O4S/c1-16(22-10-11-23(36-3)25(28)24(22)27)29-26(33)30-19-6-8-21(9-7-19)37(34,35)31-20-5-4-18-15-32(2)13-12-17(18)14-20/h4-11,14,16,31H,12-13,15H2,1-3H3,(H2,29,30,33)/t16-/m0/s1. The van der Waals surface area contributed by atoms with Crippen LogP contribution in [0, 0.1) is 0 Å². The van der Waals surface area contributed by atoms with Crippen molar-refractivity contribution in [3.8, 4) is 5.75 Å². The molecule has 37 heavy (non-hydrogen) atoms. The number of anilines is 2. The molecule has 0 aromatic heterocycles. The molecule has 11 heteroatoms. The molecule has 8 nitrogen and oxygen atoms in total. The van der Waals surface area contributed by atoms with Crippen LogP contribution in [0.4, 0.5) is 16.2 Å². The monoisotopic (exact) mass is 562 g/mol. The van der Waals surface area contributed by atoms with E-state index in [-0.39, 0.29) is 9.92 Å². The van der Waals surface area contributed by atoms with Crippen LogP contribution in [-0.2, 0) is 23.0 Å². The third kappa shape index (κ3) is 6.30. The first-order chi connectivity index (χ1) is 17.6. The van der Waals surface area contributed by atoms with E-state index in [1.807, 2.05) is 12.1 Å². The number of rotatable bonds is 7. The number of nitrogens with zero attached hydrogens (tertiary/aromatic N) is 1. The van der Waals surface area contributed by atoms with Gasteiger partial charge in [0.15, 0.2) is 0 Å². The maximum Gasteiger partial charge on any atom is 0.319 e. The summed E-state index contributed by atoms with van der Waals surface area (Å²) in [5, 5.41) is 6.04. The zero-order chi connectivity index (χ0) is 26.7. The summed E-state index contributed by atoms with van der Waals surface area (Å²) in [6.45, 7) is 3.55. The summed E-state index contributed by atoms with van der Waals surface area (Å²) in [5.74, 6) is 0.441. The zero-order valence-electron chi connectivity index (χ0n) is 20.6. The Morgan fingerprint density at radius 2 is 1.70 bits per heavy atom. The lowest BCUT2D eigenvalue weighted by atomic mass is 10.00. The number of ether oxygens (including phenoxy) is 1. The fourth-order valence-electron chi connectivity index (χ4n) is 4.17. The van der Waals surface area contributed by atoms with Gasteiger partial charge >= 0.3 is 6.03 Å². The molecule has 0 saturated heterocycles. The molecule has 1 aliphatic rings. The molecular formula is C26H28Cl2N4O4S. The van der Waals surface area contributed by atoms with Gasteiger partial charge in [-0.15, -0.1) is 0 Å². The molecule has 0 saturated carbocycles. The van der Waals surface area contributed by atoms with Crippen molar-refractivity contribution in [1.82, 2.24) is 10.2 Å². The van der Waals surface area contributed by atoms with Crippen LogP contribution in [0.15, 0.2) is 59.5 Å². The van der Waals surface area contributed by atoms with E-state index < -0.39 is 22.1 Å². The van der Waals surface area contributed by atoms with Gasteiger partial charge in [0, 0.05) is 24.5 Å². The number of hydrogen-bond acceptors (Lipinski definition) is 5. The van der Waals surface area contributed by atoms with Gasteiger partial charge in [-0.25, -0.2) is 13.2 Å². The van der Waals surface area contributed by atoms with Crippen molar-refractivity contribution in [2.45, 2.75) is 30.8 Å². The number of carbonyl (C=O) groups excluding carboxylic acids is 1. The second-order valence-corrected chi connectivity index (χ2v) is 11.3. The van der Waals surface area contributed by atoms with Crippen LogP contribution in [0.5, 0.6) is 5.75 Å². The molecule has 3 N–H and O–H groups in total. The fourth-order valence-corrected chi connectivity index (χ4v) is 5.79. The van der Waals surface area contributed by atoms with Crippen molar-refractivity contribution in [2.24, 2.45) is 0 Å². The Morgan fingerprint density at radius 3 is 2.41 bits per heavy atom. The summed E-state index contributed by atoms with van der Waals surface area (Å²) in [5.41, 5.74) is 3.94. The van der Waals surface area contributed by atoms with Gasteiger partial charge in [0.25, 0.3) is 10.0 Å². The SMILES string of the molecule is COc1ccc([C@H](C)NC(=O)Nc2ccc(S(=O)(=O)Nc3ccc4c(c3)CCN(C)C4)cc2)c(Cl)c1Cl. The van der Waals surface area contributed by atoms with E-state index >= 15 is 0 Å². The van der Waals surface area contributed by atoms with Crippen LogP contribution in [-0.4, -0.2) is 40.1 Å². The summed E-state index contributed by atoms with van der Waals surface area (Å²) in [6, 6.07) is 14.0. The summed E-state index contributed by atoms with van der Waals surface area (Å²) in [7, 11) is -0.235. The number of carbonyl (C=O) groups is 1. The van der Waals surface area contributed by atoms with E-state index in [0.717, 1.165) is 25.1 Å². The minimum absolute atomic E-state index is 0.0870. The molecule has 1 atom stereocenters. The first-order valence-electron chi connectivity index (χ1n) is 11.6. The number of benzene rings is 3. The van der Waals surface area contributed by atoms with E-state index in [0.29, 0.717) is 27.7 Å². The maximum absolute atomic E-state index is 12.9. The highest BCUT2D eigenvalue weighted by molar-refractivity contribution is 7.92. The largest absolute Gasteiger partial charge is 0.495 e. The number of urea groups is 1. The molecule has 2 amide bonds. The van der Waals surface area contributed by atoms with Crippen LogP contribution < -0.4 is 20.1 Å². The molecule has 0 aliphatic carbocycles. The average molecular weight is 564 g/mol. The van der Waals surface area contributed by atoms with Crippen LogP contribution in [0.1, 0.15) is 29.7 Å². The Hall–Kier alpha value is -2.98. The Balaban J connectivity index is 1.38. The number of sulfonamides is 1. The molecule has 4 rings (SSSR count). The second kappa shape index (κ2) is 11.2. The van der Waals surface area contributed by atoms with Gasteiger partial charge in [-0.1, -0.05) is 35.3 Å². The van der Waals surface area contributed by atoms with Crippen LogP contribution in [0.2, 0.25) is 10.0 Å². The highest BCUT2D eigenvalue weighted by Crippen LogP contribution is 2.37. The molecular weight excluding hydrogens is 535 g/mol. The van der Waals surface area contributed by atoms with Crippen molar-refractivity contribution in [3.05, 3.63) is 81.3 Å². The van der Waals surface area contributed by atoms with Gasteiger partial charge < -0.3 is 20.3 Å². The van der Waals surface area contributed by atoms with Crippen molar-refractivity contribution < 1.29 is 17.9 Å². The minimum atomic E-state index is -3.79. The third-order valence-electron chi connectivity index (χ3n) is 6.19. The molecule has 0 spiro atoms. The lowest BCUT2D eigenvalue weighted by molar-refractivity contribution is 0.249.